The fourth-order valence-corrected chi connectivity index (χ4v) is 4.75. The summed E-state index contributed by atoms with van der Waals surface area (Å²) in [5, 5.41) is 2.70. The van der Waals surface area contributed by atoms with E-state index in [4.69, 9.17) is 3.79 Å². The normalized spacial score (nSPS) is 10.6. The van der Waals surface area contributed by atoms with Gasteiger partial charge in [0.05, 0.1) is 0 Å². The van der Waals surface area contributed by atoms with Gasteiger partial charge in [-0.05, 0) is 6.42 Å². The molecule has 0 saturated carbocycles. The molecule has 15 heavy (non-hydrogen) atoms. The van der Waals surface area contributed by atoms with E-state index in [-0.39, 0.29) is 31.0 Å². The van der Waals surface area contributed by atoms with Crippen molar-refractivity contribution in [3.8, 4) is 0 Å². The maximum absolute atomic E-state index is 6.04. The summed E-state index contributed by atoms with van der Waals surface area (Å²) in [5.74, 6) is 1.62. The molecule has 0 radical (unpaired) electrons. The Bertz CT molecular complexity index is 124. The first-order chi connectivity index (χ1) is 6.56. The zero-order valence-electron chi connectivity index (χ0n) is 12.7. The molecular weight excluding hydrogens is 210 g/mol. The van der Waals surface area contributed by atoms with E-state index < -0.39 is 14.5 Å². The van der Waals surface area contributed by atoms with E-state index in [1.165, 1.54) is 23.4 Å². The first kappa shape index (κ1) is 18.8. The molecule has 0 heterocycles. The van der Waals surface area contributed by atoms with Gasteiger partial charge in [0, 0.05) is 6.61 Å². The van der Waals surface area contributed by atoms with Crippen LogP contribution in [0.3, 0.4) is 0 Å². The fourth-order valence-electron chi connectivity index (χ4n) is 1.68. The second-order valence-corrected chi connectivity index (χ2v) is 7.63. The molecule has 0 aromatic heterocycles. The molecule has 0 aromatic rings. The van der Waals surface area contributed by atoms with Gasteiger partial charge in [-0.3, -0.25) is 0 Å². The minimum atomic E-state index is -0.881. The zero-order valence-corrected chi connectivity index (χ0v) is 14.8. The van der Waals surface area contributed by atoms with Crippen LogP contribution in [-0.4, -0.2) is 21.1 Å². The van der Waals surface area contributed by atoms with Crippen LogP contribution < -0.4 is 29.6 Å². The molecule has 0 rings (SSSR count). The van der Waals surface area contributed by atoms with E-state index in [9.17, 15) is 0 Å². The van der Waals surface area contributed by atoms with Gasteiger partial charge in [0.1, 0.15) is 0 Å². The molecule has 0 aliphatic rings. The van der Waals surface area contributed by atoms with Gasteiger partial charge in [0.15, 0.2) is 0 Å². The molecule has 0 amide bonds. The van der Waals surface area contributed by atoms with Gasteiger partial charge >= 0.3 is 44.0 Å². The first-order valence-corrected chi connectivity index (χ1v) is 8.28. The third kappa shape index (κ3) is 13.4. The Hall–Kier alpha value is 1.49. The van der Waals surface area contributed by atoms with Crippen molar-refractivity contribution in [2.45, 2.75) is 58.0 Å². The Kier molecular flexibility index (Phi) is 15.0. The van der Waals surface area contributed by atoms with E-state index in [1.807, 2.05) is 0 Å². The van der Waals surface area contributed by atoms with Crippen LogP contribution in [0.4, 0.5) is 0 Å². The van der Waals surface area contributed by atoms with Crippen LogP contribution in [-0.2, 0) is 3.79 Å². The van der Waals surface area contributed by atoms with Crippen molar-refractivity contribution in [2.75, 3.05) is 6.61 Å². The predicted molar refractivity (Wildman–Crippen MR) is 67.0 cm³/mol. The van der Waals surface area contributed by atoms with E-state index in [0.29, 0.717) is 0 Å². The summed E-state index contributed by atoms with van der Waals surface area (Å²) in [7, 11) is 0. The van der Waals surface area contributed by atoms with E-state index >= 15 is 0 Å². The number of rotatable bonds is 8. The third-order valence-electron chi connectivity index (χ3n) is 2.32. The summed E-state index contributed by atoms with van der Waals surface area (Å²) in [5.41, 5.74) is 0. The van der Waals surface area contributed by atoms with Crippen LogP contribution in [0.1, 0.15) is 48.9 Å². The van der Waals surface area contributed by atoms with Crippen molar-refractivity contribution >= 4 is 14.5 Å². The summed E-state index contributed by atoms with van der Waals surface area (Å²) in [4.78, 5) is 0. The SMILES string of the molecule is CCCC[O][Al]([CH2]C(C)C)[CH2]C(C)C.[H-].[Na+]. The van der Waals surface area contributed by atoms with Crippen LogP contribution >= 0.6 is 0 Å². The molecule has 0 aliphatic heterocycles. The van der Waals surface area contributed by atoms with E-state index in [1.54, 1.807) is 0 Å². The predicted octanol–water partition coefficient (Wildman–Crippen LogP) is 1.22. The monoisotopic (exact) mass is 238 g/mol. The van der Waals surface area contributed by atoms with Crippen molar-refractivity contribution in [1.82, 2.24) is 0 Å². The molecule has 0 unspecified atom stereocenters. The Morgan fingerprint density at radius 3 is 1.87 bits per heavy atom. The molecule has 0 N–H and O–H groups in total. The van der Waals surface area contributed by atoms with Gasteiger partial charge in [-0.15, -0.1) is 0 Å². The largest absolute Gasteiger partial charge is 1.00 e. The van der Waals surface area contributed by atoms with Crippen LogP contribution in [0.2, 0.25) is 10.6 Å². The third-order valence-corrected chi connectivity index (χ3v) is 5.96. The Balaban J connectivity index is -0.000000845. The summed E-state index contributed by atoms with van der Waals surface area (Å²) in [6.45, 7) is 12.5. The molecule has 0 aliphatic carbocycles. The smallest absolute Gasteiger partial charge is 1.00 e. The number of hydrogen-bond donors (Lipinski definition) is 0. The first-order valence-electron chi connectivity index (χ1n) is 6.17. The molecule has 0 bridgehead atoms. The number of hydrogen-bond acceptors (Lipinski definition) is 1. The van der Waals surface area contributed by atoms with Gasteiger partial charge in [0.2, 0.25) is 0 Å². The quantitative estimate of drug-likeness (QED) is 0.456. The van der Waals surface area contributed by atoms with Gasteiger partial charge < -0.3 is 5.22 Å². The zero-order chi connectivity index (χ0) is 11.0. The summed E-state index contributed by atoms with van der Waals surface area (Å²) in [6.07, 6.45) is 2.49. The molecule has 3 heteroatoms. The fraction of sp³-hybridized carbons (Fsp3) is 1.00. The molecule has 0 aromatic carbocycles. The minimum absolute atomic E-state index is 0. The Labute approximate surface area is 125 Å². The maximum atomic E-state index is 6.04. The van der Waals surface area contributed by atoms with Crippen molar-refractivity contribution in [3.05, 3.63) is 0 Å². The molecule has 1 nitrogen and oxygen atoms in total. The molecule has 0 atom stereocenters. The van der Waals surface area contributed by atoms with Crippen LogP contribution in [0.25, 0.3) is 0 Å². The van der Waals surface area contributed by atoms with Gasteiger partial charge in [-0.25, -0.2) is 0 Å². The van der Waals surface area contributed by atoms with Crippen LogP contribution in [0.15, 0.2) is 0 Å². The summed E-state index contributed by atoms with van der Waals surface area (Å²) in [6, 6.07) is 0. The molecule has 86 valence electrons. The molecular formula is C12H28AlNaO. The van der Waals surface area contributed by atoms with E-state index in [2.05, 4.69) is 34.6 Å². The van der Waals surface area contributed by atoms with Gasteiger partial charge in [-0.2, -0.15) is 0 Å². The second-order valence-electron chi connectivity index (χ2n) is 5.11. The van der Waals surface area contributed by atoms with E-state index in [0.717, 1.165) is 18.4 Å². The summed E-state index contributed by atoms with van der Waals surface area (Å²) >= 11 is -0.881. The van der Waals surface area contributed by atoms with Gasteiger partial charge in [-0.1, -0.05) is 63.4 Å². The van der Waals surface area contributed by atoms with Crippen molar-refractivity contribution < 1.29 is 34.8 Å². The van der Waals surface area contributed by atoms with Crippen molar-refractivity contribution in [3.63, 3.8) is 0 Å². The Morgan fingerprint density at radius 1 is 1.07 bits per heavy atom. The average molecular weight is 238 g/mol. The molecule has 0 spiro atoms. The standard InChI is InChI=1S/C4H9O.2C4H9.Al.Na.H/c1-2-3-4-5;2*1-4(2)3;;;/h2-4H2,1H3;2*4H,1H2,2-3H3;;;/q-1;;;2*+1;-1. The van der Waals surface area contributed by atoms with Crippen LogP contribution in [0, 0.1) is 11.8 Å². The molecule has 0 saturated heterocycles. The minimum Gasteiger partial charge on any atom is -1.00 e. The molecule has 0 fully saturated rings. The van der Waals surface area contributed by atoms with Gasteiger partial charge in [0.25, 0.3) is 0 Å². The van der Waals surface area contributed by atoms with Crippen LogP contribution in [0.5, 0.6) is 0 Å². The number of unbranched alkanes of at least 4 members (excludes halogenated alkanes) is 1. The topological polar surface area (TPSA) is 9.23 Å². The van der Waals surface area contributed by atoms with Crippen molar-refractivity contribution in [2.24, 2.45) is 11.8 Å². The second kappa shape index (κ2) is 12.0. The van der Waals surface area contributed by atoms with Crippen molar-refractivity contribution in [1.29, 1.82) is 0 Å². The Morgan fingerprint density at radius 2 is 1.53 bits per heavy atom. The summed E-state index contributed by atoms with van der Waals surface area (Å²) < 4.78 is 6.04. The maximum Gasteiger partial charge on any atom is 1.00 e. The average Bonchev–Trinajstić information content (AvgIpc) is 2.02.